The van der Waals surface area contributed by atoms with E-state index >= 15 is 0 Å². The van der Waals surface area contributed by atoms with Crippen LogP contribution in [0.1, 0.15) is 46.0 Å². The Labute approximate surface area is 215 Å². The molecule has 37 heavy (non-hydrogen) atoms. The van der Waals surface area contributed by atoms with Crippen molar-refractivity contribution in [2.75, 3.05) is 19.7 Å². The summed E-state index contributed by atoms with van der Waals surface area (Å²) in [6, 6.07) is -4.78. The maximum atomic E-state index is 12.9. The van der Waals surface area contributed by atoms with Crippen LogP contribution in [0.3, 0.4) is 0 Å². The van der Waals surface area contributed by atoms with Crippen LogP contribution < -0.4 is 44.6 Å². The number of hydrogen-bond acceptors (Lipinski definition) is 8. The second kappa shape index (κ2) is 17.7. The highest BCUT2D eigenvalue weighted by Crippen LogP contribution is 2.08. The largest absolute Gasteiger partial charge is 0.480 e. The molecule has 0 spiro atoms. The number of carbonyl (C=O) groups excluding carboxylic acids is 3. The Hall–Kier alpha value is -3.66. The third-order valence-electron chi connectivity index (χ3n) is 5.48. The highest BCUT2D eigenvalue weighted by Gasteiger charge is 2.31. The van der Waals surface area contributed by atoms with E-state index in [0.717, 1.165) is 0 Å². The molecule has 0 aliphatic carbocycles. The fraction of sp³-hybridized carbons (Fsp3) is 0.714. The van der Waals surface area contributed by atoms with Crippen molar-refractivity contribution in [2.24, 2.45) is 44.6 Å². The quantitative estimate of drug-likeness (QED) is 0.0462. The molecular formula is C21H42N10O6. The molecule has 0 radical (unpaired) electrons. The van der Waals surface area contributed by atoms with Crippen molar-refractivity contribution in [1.29, 1.82) is 0 Å². The molecule has 0 fully saturated rings. The van der Waals surface area contributed by atoms with Crippen molar-refractivity contribution < 1.29 is 29.4 Å². The number of carbonyl (C=O) groups is 4. The van der Waals surface area contributed by atoms with Crippen LogP contribution in [0.4, 0.5) is 0 Å². The smallest absolute Gasteiger partial charge is 0.326 e. The molecule has 0 aromatic heterocycles. The Balaban J connectivity index is 5.37. The molecule has 0 heterocycles. The van der Waals surface area contributed by atoms with Crippen LogP contribution >= 0.6 is 0 Å². The fourth-order valence-corrected chi connectivity index (χ4v) is 3.10. The van der Waals surface area contributed by atoms with E-state index in [1.807, 2.05) is 0 Å². The number of guanidine groups is 2. The van der Waals surface area contributed by atoms with Gasteiger partial charge in [-0.3, -0.25) is 24.4 Å². The standard InChI is InChI=1S/C21H42N10O6/c1-3-11(2)15(19(36)37)31-18(35)14(10-32)30-17(34)13(7-5-9-28-21(25)26)29-16(33)12(22)6-4-8-27-20(23)24/h11-15,32H,3-10,22H2,1-2H3,(H,29,33)(H,30,34)(H,31,35)(H,36,37)(H4,23,24,27)(H4,25,26,28). The van der Waals surface area contributed by atoms with Crippen LogP contribution in [0.2, 0.25) is 0 Å². The number of carboxylic acids is 1. The van der Waals surface area contributed by atoms with Gasteiger partial charge in [-0.1, -0.05) is 20.3 Å². The number of nitrogens with zero attached hydrogens (tertiary/aromatic N) is 2. The van der Waals surface area contributed by atoms with Gasteiger partial charge in [0.1, 0.15) is 18.1 Å². The SMILES string of the molecule is CCC(C)C(NC(=O)C(CO)NC(=O)C(CCCN=C(N)N)NC(=O)C(N)CCCN=C(N)N)C(=O)O. The number of aliphatic carboxylic acids is 1. The highest BCUT2D eigenvalue weighted by atomic mass is 16.4. The lowest BCUT2D eigenvalue weighted by molar-refractivity contribution is -0.144. The molecule has 0 aromatic carbocycles. The molecule has 0 aliphatic rings. The van der Waals surface area contributed by atoms with Gasteiger partial charge in [0, 0.05) is 13.1 Å². The summed E-state index contributed by atoms with van der Waals surface area (Å²) in [6.45, 7) is 3.05. The fourth-order valence-electron chi connectivity index (χ4n) is 3.10. The van der Waals surface area contributed by atoms with Crippen molar-refractivity contribution >= 4 is 35.6 Å². The Bertz CT molecular complexity index is 814. The summed E-state index contributed by atoms with van der Waals surface area (Å²) < 4.78 is 0. The minimum atomic E-state index is -1.45. The van der Waals surface area contributed by atoms with E-state index in [0.29, 0.717) is 19.3 Å². The van der Waals surface area contributed by atoms with E-state index in [2.05, 4.69) is 25.9 Å². The second-order valence-corrected chi connectivity index (χ2v) is 8.52. The lowest BCUT2D eigenvalue weighted by Gasteiger charge is -2.25. The minimum absolute atomic E-state index is 0.0828. The Morgan fingerprint density at radius 3 is 1.76 bits per heavy atom. The molecular weight excluding hydrogens is 488 g/mol. The van der Waals surface area contributed by atoms with E-state index < -0.39 is 60.4 Å². The molecule has 15 N–H and O–H groups in total. The molecule has 16 heteroatoms. The number of aliphatic hydroxyl groups excluding tert-OH is 1. The number of amides is 3. The molecule has 0 aliphatic heterocycles. The van der Waals surface area contributed by atoms with Gasteiger partial charge in [-0.15, -0.1) is 0 Å². The lowest BCUT2D eigenvalue weighted by Crippen LogP contribution is -2.58. The van der Waals surface area contributed by atoms with Gasteiger partial charge in [-0.2, -0.15) is 0 Å². The van der Waals surface area contributed by atoms with E-state index in [4.69, 9.17) is 28.7 Å². The third-order valence-corrected chi connectivity index (χ3v) is 5.48. The number of carboxylic acid groups (broad SMARTS) is 1. The third kappa shape index (κ3) is 13.9. The number of aliphatic hydroxyl groups is 1. The number of hydrogen-bond donors (Lipinski definition) is 10. The molecule has 0 saturated heterocycles. The summed E-state index contributed by atoms with van der Waals surface area (Å²) in [4.78, 5) is 57.3. The maximum Gasteiger partial charge on any atom is 0.326 e. The summed E-state index contributed by atoms with van der Waals surface area (Å²) in [6.07, 6.45) is 1.50. The first-order valence-corrected chi connectivity index (χ1v) is 11.9. The monoisotopic (exact) mass is 530 g/mol. The van der Waals surface area contributed by atoms with Gasteiger partial charge in [-0.05, 0) is 31.6 Å². The van der Waals surface area contributed by atoms with E-state index in [1.165, 1.54) is 0 Å². The Morgan fingerprint density at radius 2 is 1.30 bits per heavy atom. The topological polar surface area (TPSA) is 300 Å². The van der Waals surface area contributed by atoms with Gasteiger partial charge in [0.15, 0.2) is 11.9 Å². The minimum Gasteiger partial charge on any atom is -0.480 e. The predicted octanol–water partition coefficient (Wildman–Crippen LogP) is -4.00. The average Bonchev–Trinajstić information content (AvgIpc) is 2.83. The normalized spacial score (nSPS) is 14.7. The molecule has 212 valence electrons. The van der Waals surface area contributed by atoms with Crippen LogP contribution in [0.15, 0.2) is 9.98 Å². The summed E-state index contributed by atoms with van der Waals surface area (Å²) in [7, 11) is 0. The molecule has 5 atom stereocenters. The van der Waals surface area contributed by atoms with Gasteiger partial charge < -0.3 is 54.8 Å². The molecule has 0 saturated carbocycles. The molecule has 0 rings (SSSR count). The number of rotatable bonds is 18. The first kappa shape index (κ1) is 33.3. The Kier molecular flexibility index (Phi) is 16.0. The zero-order chi connectivity index (χ0) is 28.5. The van der Waals surface area contributed by atoms with Crippen molar-refractivity contribution in [2.45, 2.75) is 70.1 Å². The first-order chi connectivity index (χ1) is 17.3. The van der Waals surface area contributed by atoms with Crippen molar-refractivity contribution in [3.05, 3.63) is 0 Å². The molecule has 0 aromatic rings. The number of nitrogens with two attached hydrogens (primary N) is 5. The Morgan fingerprint density at radius 1 is 0.811 bits per heavy atom. The van der Waals surface area contributed by atoms with Crippen LogP contribution in [-0.4, -0.2) is 89.7 Å². The molecule has 5 unspecified atom stereocenters. The predicted molar refractivity (Wildman–Crippen MR) is 138 cm³/mol. The van der Waals surface area contributed by atoms with E-state index in [9.17, 15) is 29.4 Å². The lowest BCUT2D eigenvalue weighted by atomic mass is 9.99. The van der Waals surface area contributed by atoms with Crippen LogP contribution in [-0.2, 0) is 19.2 Å². The molecule has 16 nitrogen and oxygen atoms in total. The zero-order valence-corrected chi connectivity index (χ0v) is 21.4. The average molecular weight is 531 g/mol. The summed E-state index contributed by atoms with van der Waals surface area (Å²) in [5.41, 5.74) is 27.0. The van der Waals surface area contributed by atoms with Gasteiger partial charge in [0.05, 0.1) is 12.6 Å². The van der Waals surface area contributed by atoms with E-state index in [-0.39, 0.29) is 37.9 Å². The first-order valence-electron chi connectivity index (χ1n) is 11.9. The maximum absolute atomic E-state index is 12.9. The van der Waals surface area contributed by atoms with Gasteiger partial charge >= 0.3 is 5.97 Å². The van der Waals surface area contributed by atoms with Crippen LogP contribution in [0, 0.1) is 5.92 Å². The van der Waals surface area contributed by atoms with Gasteiger partial charge in [0.2, 0.25) is 17.7 Å². The van der Waals surface area contributed by atoms with Crippen molar-refractivity contribution in [3.8, 4) is 0 Å². The van der Waals surface area contributed by atoms with Crippen LogP contribution in [0.25, 0.3) is 0 Å². The zero-order valence-electron chi connectivity index (χ0n) is 21.4. The summed E-state index contributed by atoms with van der Waals surface area (Å²) in [5.74, 6) is -4.16. The second-order valence-electron chi connectivity index (χ2n) is 8.52. The summed E-state index contributed by atoms with van der Waals surface area (Å²) in [5, 5.41) is 26.3. The summed E-state index contributed by atoms with van der Waals surface area (Å²) >= 11 is 0. The van der Waals surface area contributed by atoms with E-state index in [1.54, 1.807) is 13.8 Å². The molecule has 3 amide bonds. The molecule has 0 bridgehead atoms. The van der Waals surface area contributed by atoms with Crippen molar-refractivity contribution in [1.82, 2.24) is 16.0 Å². The number of nitrogens with one attached hydrogen (secondary N) is 3. The number of aliphatic imine (C=N–C) groups is 2. The highest BCUT2D eigenvalue weighted by molar-refractivity contribution is 5.94. The van der Waals surface area contributed by atoms with Crippen LogP contribution in [0.5, 0.6) is 0 Å². The van der Waals surface area contributed by atoms with Gasteiger partial charge in [0.25, 0.3) is 0 Å². The van der Waals surface area contributed by atoms with Gasteiger partial charge in [-0.25, -0.2) is 4.79 Å². The van der Waals surface area contributed by atoms with Crippen molar-refractivity contribution in [3.63, 3.8) is 0 Å².